The van der Waals surface area contributed by atoms with Gasteiger partial charge in [-0.15, -0.1) is 0 Å². The van der Waals surface area contributed by atoms with Crippen LogP contribution in [0.3, 0.4) is 0 Å². The summed E-state index contributed by atoms with van der Waals surface area (Å²) < 4.78 is 0. The fourth-order valence-electron chi connectivity index (χ4n) is 2.16. The molecule has 1 saturated heterocycles. The molecule has 1 fully saturated rings. The number of rotatable bonds is 1. The van der Waals surface area contributed by atoms with Crippen LogP contribution in [0.25, 0.3) is 0 Å². The lowest BCUT2D eigenvalue weighted by molar-refractivity contribution is 0.203. The molecule has 1 aliphatic rings. The molecule has 0 aromatic carbocycles. The molecule has 1 rings (SSSR count). The fourth-order valence-corrected chi connectivity index (χ4v) is 2.16. The predicted molar refractivity (Wildman–Crippen MR) is 64.5 cm³/mol. The summed E-state index contributed by atoms with van der Waals surface area (Å²) >= 11 is 0. The molecule has 3 N–H and O–H groups in total. The Balaban J connectivity index is 2.68. The van der Waals surface area contributed by atoms with Crippen molar-refractivity contribution in [2.45, 2.75) is 52.6 Å². The largest absolute Gasteiger partial charge is 0.339 e. The van der Waals surface area contributed by atoms with Crippen LogP contribution >= 0.6 is 0 Å². The molecule has 0 spiro atoms. The molecule has 0 aromatic heterocycles. The van der Waals surface area contributed by atoms with Gasteiger partial charge in [-0.1, -0.05) is 6.92 Å². The van der Waals surface area contributed by atoms with Crippen LogP contribution in [0.1, 0.15) is 40.5 Å². The number of hydrazine groups is 1. The molecule has 88 valence electrons. The van der Waals surface area contributed by atoms with E-state index in [-0.39, 0.29) is 6.04 Å². The quantitative estimate of drug-likeness (QED) is 0.298. The molecule has 2 unspecified atom stereocenters. The summed E-state index contributed by atoms with van der Waals surface area (Å²) in [7, 11) is 0. The molecule has 0 amide bonds. The van der Waals surface area contributed by atoms with Crippen molar-refractivity contribution in [2.24, 2.45) is 16.8 Å². The summed E-state index contributed by atoms with van der Waals surface area (Å²) in [6.07, 6.45) is 2.45. The Bertz CT molecular complexity index is 225. The van der Waals surface area contributed by atoms with Gasteiger partial charge in [-0.25, -0.2) is 10.8 Å². The van der Waals surface area contributed by atoms with E-state index in [1.165, 1.54) is 12.8 Å². The topological polar surface area (TPSA) is 53.6 Å². The second kappa shape index (κ2) is 5.35. The fraction of sp³-hybridized carbons (Fsp3) is 0.909. The van der Waals surface area contributed by atoms with E-state index in [9.17, 15) is 0 Å². The molecule has 4 nitrogen and oxygen atoms in total. The van der Waals surface area contributed by atoms with Crippen molar-refractivity contribution in [1.29, 1.82) is 0 Å². The first-order valence-electron chi connectivity index (χ1n) is 5.85. The highest BCUT2D eigenvalue weighted by Gasteiger charge is 2.25. The van der Waals surface area contributed by atoms with Gasteiger partial charge >= 0.3 is 0 Å². The van der Waals surface area contributed by atoms with Gasteiger partial charge in [0, 0.05) is 18.6 Å². The highest BCUT2D eigenvalue weighted by molar-refractivity contribution is 5.79. The first kappa shape index (κ1) is 12.3. The van der Waals surface area contributed by atoms with Crippen LogP contribution < -0.4 is 11.3 Å². The zero-order chi connectivity index (χ0) is 11.4. The van der Waals surface area contributed by atoms with E-state index >= 15 is 0 Å². The van der Waals surface area contributed by atoms with Gasteiger partial charge in [0.1, 0.15) is 0 Å². The Morgan fingerprint density at radius 2 is 2.13 bits per heavy atom. The van der Waals surface area contributed by atoms with Gasteiger partial charge in [-0.05, 0) is 39.5 Å². The standard InChI is InChI=1S/C11H24N4/c1-8(2)13-11(14-12)15-6-5-9(3)7-10(15)4/h8-10H,5-7,12H2,1-4H3,(H,13,14). The second-order valence-electron chi connectivity index (χ2n) is 4.86. The highest BCUT2D eigenvalue weighted by atomic mass is 15.4. The van der Waals surface area contributed by atoms with Crippen LogP contribution in [0.15, 0.2) is 4.99 Å². The summed E-state index contributed by atoms with van der Waals surface area (Å²) in [6, 6.07) is 0.810. The van der Waals surface area contributed by atoms with Gasteiger partial charge in [0.15, 0.2) is 0 Å². The second-order valence-corrected chi connectivity index (χ2v) is 4.86. The molecule has 0 saturated carbocycles. The Kier molecular flexibility index (Phi) is 4.39. The van der Waals surface area contributed by atoms with Crippen LogP contribution in [0.2, 0.25) is 0 Å². The number of piperidine rings is 1. The summed E-state index contributed by atoms with van der Waals surface area (Å²) in [5.74, 6) is 7.18. The number of likely N-dealkylation sites (tertiary alicyclic amines) is 1. The van der Waals surface area contributed by atoms with Gasteiger partial charge in [-0.3, -0.25) is 5.43 Å². The Hall–Kier alpha value is -0.770. The molecule has 1 heterocycles. The van der Waals surface area contributed by atoms with Crippen molar-refractivity contribution in [1.82, 2.24) is 10.3 Å². The molecule has 0 aromatic rings. The van der Waals surface area contributed by atoms with Gasteiger partial charge < -0.3 is 4.90 Å². The molecule has 0 aliphatic carbocycles. The van der Waals surface area contributed by atoms with Gasteiger partial charge in [0.25, 0.3) is 0 Å². The Labute approximate surface area is 92.9 Å². The molecule has 4 heteroatoms. The predicted octanol–water partition coefficient (Wildman–Crippen LogP) is 1.33. The third-order valence-corrected chi connectivity index (χ3v) is 2.92. The van der Waals surface area contributed by atoms with E-state index < -0.39 is 0 Å². The molecule has 0 radical (unpaired) electrons. The average molecular weight is 212 g/mol. The minimum Gasteiger partial charge on any atom is -0.339 e. The third-order valence-electron chi connectivity index (χ3n) is 2.92. The smallest absolute Gasteiger partial charge is 0.208 e. The number of hydrogen-bond donors (Lipinski definition) is 2. The lowest BCUT2D eigenvalue weighted by Crippen LogP contribution is -2.52. The van der Waals surface area contributed by atoms with Crippen molar-refractivity contribution in [3.8, 4) is 0 Å². The SMILES string of the molecule is CC1CCN(C(=NC(C)C)NN)C(C)C1. The van der Waals surface area contributed by atoms with Crippen LogP contribution in [0, 0.1) is 5.92 Å². The number of nitrogens with two attached hydrogens (primary N) is 1. The summed E-state index contributed by atoms with van der Waals surface area (Å²) in [5, 5.41) is 0. The van der Waals surface area contributed by atoms with Gasteiger partial charge in [0.2, 0.25) is 5.96 Å². The van der Waals surface area contributed by atoms with Crippen LogP contribution in [-0.4, -0.2) is 29.5 Å². The monoisotopic (exact) mass is 212 g/mol. The van der Waals surface area contributed by atoms with Gasteiger partial charge in [0.05, 0.1) is 0 Å². The van der Waals surface area contributed by atoms with E-state index in [0.717, 1.165) is 18.4 Å². The minimum atomic E-state index is 0.280. The Morgan fingerprint density at radius 1 is 1.47 bits per heavy atom. The average Bonchev–Trinajstić information content (AvgIpc) is 2.14. The summed E-state index contributed by atoms with van der Waals surface area (Å²) in [4.78, 5) is 6.78. The maximum atomic E-state index is 5.53. The number of aliphatic imine (C=N–C) groups is 1. The summed E-state index contributed by atoms with van der Waals surface area (Å²) in [6.45, 7) is 9.73. The Morgan fingerprint density at radius 3 is 2.60 bits per heavy atom. The van der Waals surface area contributed by atoms with E-state index in [2.05, 4.69) is 43.0 Å². The molecule has 1 aliphatic heterocycles. The first-order chi connectivity index (χ1) is 7.04. The van der Waals surface area contributed by atoms with Gasteiger partial charge in [-0.2, -0.15) is 0 Å². The van der Waals surface area contributed by atoms with Crippen molar-refractivity contribution < 1.29 is 0 Å². The van der Waals surface area contributed by atoms with Crippen molar-refractivity contribution >= 4 is 5.96 Å². The number of hydrogen-bond acceptors (Lipinski definition) is 2. The highest BCUT2D eigenvalue weighted by Crippen LogP contribution is 2.21. The van der Waals surface area contributed by atoms with E-state index in [1.807, 2.05) is 0 Å². The zero-order valence-electron chi connectivity index (χ0n) is 10.3. The molecular formula is C11H24N4. The number of guanidine groups is 1. The van der Waals surface area contributed by atoms with E-state index in [0.29, 0.717) is 6.04 Å². The van der Waals surface area contributed by atoms with Crippen molar-refractivity contribution in [3.05, 3.63) is 0 Å². The third kappa shape index (κ3) is 3.38. The van der Waals surface area contributed by atoms with E-state index in [1.54, 1.807) is 0 Å². The molecular weight excluding hydrogens is 188 g/mol. The number of nitrogens with one attached hydrogen (secondary N) is 1. The van der Waals surface area contributed by atoms with Crippen LogP contribution in [-0.2, 0) is 0 Å². The van der Waals surface area contributed by atoms with Crippen molar-refractivity contribution in [2.75, 3.05) is 6.54 Å². The molecule has 15 heavy (non-hydrogen) atoms. The summed E-state index contributed by atoms with van der Waals surface area (Å²) in [5.41, 5.74) is 2.72. The van der Waals surface area contributed by atoms with Crippen molar-refractivity contribution in [3.63, 3.8) is 0 Å². The minimum absolute atomic E-state index is 0.280. The maximum Gasteiger partial charge on any atom is 0.208 e. The van der Waals surface area contributed by atoms with Crippen LogP contribution in [0.5, 0.6) is 0 Å². The lowest BCUT2D eigenvalue weighted by Gasteiger charge is -2.38. The first-order valence-corrected chi connectivity index (χ1v) is 5.85. The number of nitrogens with zero attached hydrogens (tertiary/aromatic N) is 2. The molecule has 2 atom stereocenters. The van der Waals surface area contributed by atoms with Crippen LogP contribution in [0.4, 0.5) is 0 Å². The normalized spacial score (nSPS) is 28.4. The van der Waals surface area contributed by atoms with E-state index in [4.69, 9.17) is 5.84 Å². The lowest BCUT2D eigenvalue weighted by atomic mass is 9.94. The zero-order valence-corrected chi connectivity index (χ0v) is 10.3. The molecule has 0 bridgehead atoms. The maximum absolute atomic E-state index is 5.53.